The second-order valence-electron chi connectivity index (χ2n) is 4.79. The van der Waals surface area contributed by atoms with Crippen molar-refractivity contribution >= 4 is 23.4 Å². The van der Waals surface area contributed by atoms with Gasteiger partial charge in [-0.25, -0.2) is 4.79 Å². The topological polar surface area (TPSA) is 58.6 Å². The number of hydrogen-bond donors (Lipinski definition) is 2. The van der Waals surface area contributed by atoms with Crippen LogP contribution in [0.4, 0.5) is 4.79 Å². The minimum Gasteiger partial charge on any atom is -0.500 e. The number of amides is 1. The number of benzene rings is 2. The van der Waals surface area contributed by atoms with Gasteiger partial charge in [0.25, 0.3) is 0 Å². The zero-order chi connectivity index (χ0) is 15.8. The maximum Gasteiger partial charge on any atom is 0.408 e. The molecular weight excluding hydrogens is 298 g/mol. The summed E-state index contributed by atoms with van der Waals surface area (Å²) in [4.78, 5) is 11.8. The SMILES string of the molecule is O=C(NC(Cc1ccccc1)C(O)=S)OCc1ccccc1. The first-order valence-electron chi connectivity index (χ1n) is 6.89. The maximum atomic E-state index is 11.8. The lowest BCUT2D eigenvalue weighted by Crippen LogP contribution is -2.41. The number of aliphatic hydroxyl groups is 1. The number of carbonyl (C=O) groups is 1. The number of hydrogen-bond acceptors (Lipinski definition) is 3. The van der Waals surface area contributed by atoms with Crippen molar-refractivity contribution in [2.24, 2.45) is 0 Å². The van der Waals surface area contributed by atoms with E-state index in [1.807, 2.05) is 60.7 Å². The predicted molar refractivity (Wildman–Crippen MR) is 88.9 cm³/mol. The van der Waals surface area contributed by atoms with Gasteiger partial charge in [-0.05, 0) is 23.3 Å². The summed E-state index contributed by atoms with van der Waals surface area (Å²) < 4.78 is 5.13. The normalized spacial score (nSPS) is 11.5. The predicted octanol–water partition coefficient (Wildman–Crippen LogP) is 3.41. The van der Waals surface area contributed by atoms with Crippen LogP contribution in [-0.4, -0.2) is 22.3 Å². The number of alkyl carbamates (subject to hydrolysis) is 1. The third-order valence-corrected chi connectivity index (χ3v) is 3.37. The average Bonchev–Trinajstić information content (AvgIpc) is 2.54. The third-order valence-electron chi connectivity index (χ3n) is 3.09. The molecule has 0 aliphatic heterocycles. The van der Waals surface area contributed by atoms with Gasteiger partial charge in [0.2, 0.25) is 0 Å². The molecular formula is C17H17NO3S. The van der Waals surface area contributed by atoms with Crippen LogP contribution >= 0.6 is 12.2 Å². The van der Waals surface area contributed by atoms with Crippen molar-refractivity contribution in [3.63, 3.8) is 0 Å². The highest BCUT2D eigenvalue weighted by atomic mass is 32.1. The summed E-state index contributed by atoms with van der Waals surface area (Å²) in [5.74, 6) is 0. The molecule has 4 nitrogen and oxygen atoms in total. The van der Waals surface area contributed by atoms with E-state index in [1.54, 1.807) is 0 Å². The van der Waals surface area contributed by atoms with Crippen LogP contribution in [0.5, 0.6) is 0 Å². The highest BCUT2D eigenvalue weighted by Crippen LogP contribution is 2.05. The number of rotatable bonds is 6. The number of thiocarbonyl (C=S) groups is 1. The Balaban J connectivity index is 1.88. The van der Waals surface area contributed by atoms with Crippen LogP contribution in [0.15, 0.2) is 60.7 Å². The van der Waals surface area contributed by atoms with Gasteiger partial charge >= 0.3 is 6.09 Å². The summed E-state index contributed by atoms with van der Waals surface area (Å²) in [6.45, 7) is 0.170. The number of aliphatic hydroxyl groups excluding tert-OH is 1. The van der Waals surface area contributed by atoms with E-state index in [9.17, 15) is 9.90 Å². The van der Waals surface area contributed by atoms with Crippen molar-refractivity contribution in [3.05, 3.63) is 71.8 Å². The molecule has 0 aliphatic carbocycles. The molecule has 5 heteroatoms. The Hall–Kier alpha value is -2.40. The van der Waals surface area contributed by atoms with Gasteiger partial charge in [-0.2, -0.15) is 0 Å². The monoisotopic (exact) mass is 315 g/mol. The molecule has 2 aromatic rings. The lowest BCUT2D eigenvalue weighted by Gasteiger charge is -2.16. The van der Waals surface area contributed by atoms with Gasteiger partial charge in [-0.1, -0.05) is 60.7 Å². The summed E-state index contributed by atoms with van der Waals surface area (Å²) in [6.07, 6.45) is -0.197. The van der Waals surface area contributed by atoms with Crippen molar-refractivity contribution in [2.45, 2.75) is 19.1 Å². The summed E-state index contributed by atoms with van der Waals surface area (Å²) in [6, 6.07) is 18.2. The molecule has 0 saturated carbocycles. The molecule has 114 valence electrons. The Morgan fingerprint density at radius 3 is 2.14 bits per heavy atom. The van der Waals surface area contributed by atoms with Crippen molar-refractivity contribution in [2.75, 3.05) is 0 Å². The fourth-order valence-electron chi connectivity index (χ4n) is 1.96. The minimum atomic E-state index is -0.652. The molecule has 0 saturated heterocycles. The van der Waals surface area contributed by atoms with Gasteiger partial charge in [0.05, 0.1) is 0 Å². The van der Waals surface area contributed by atoms with Gasteiger partial charge in [-0.3, -0.25) is 0 Å². The molecule has 0 radical (unpaired) electrons. The summed E-state index contributed by atoms with van der Waals surface area (Å²) in [7, 11) is 0. The fourth-order valence-corrected chi connectivity index (χ4v) is 2.10. The Kier molecular flexibility index (Phi) is 5.91. The van der Waals surface area contributed by atoms with Gasteiger partial charge in [0, 0.05) is 6.42 Å². The molecule has 0 aromatic heterocycles. The standard InChI is InChI=1S/C17H17NO3S/c19-16(22)15(11-13-7-3-1-4-8-13)18-17(20)21-12-14-9-5-2-6-10-14/h1-10,15H,11-12H2,(H,18,20)(H,19,22). The molecule has 0 fully saturated rings. The molecule has 0 aliphatic rings. The summed E-state index contributed by atoms with van der Waals surface area (Å²) >= 11 is 4.80. The number of nitrogens with one attached hydrogen (secondary N) is 1. The molecule has 1 amide bonds. The summed E-state index contributed by atoms with van der Waals surface area (Å²) in [5, 5.41) is 11.9. The number of carbonyl (C=O) groups excluding carboxylic acids is 1. The molecule has 0 bridgehead atoms. The smallest absolute Gasteiger partial charge is 0.408 e. The number of ether oxygens (including phenoxy) is 1. The first kappa shape index (κ1) is 16.0. The molecule has 0 heterocycles. The van der Waals surface area contributed by atoms with E-state index < -0.39 is 12.1 Å². The first-order chi connectivity index (χ1) is 10.6. The van der Waals surface area contributed by atoms with E-state index in [-0.39, 0.29) is 11.7 Å². The lowest BCUT2D eigenvalue weighted by atomic mass is 10.1. The van der Waals surface area contributed by atoms with Gasteiger partial charge in [0.15, 0.2) is 5.05 Å². The van der Waals surface area contributed by atoms with E-state index >= 15 is 0 Å². The molecule has 2 aromatic carbocycles. The van der Waals surface area contributed by atoms with Crippen LogP contribution in [-0.2, 0) is 17.8 Å². The quantitative estimate of drug-likeness (QED) is 0.802. The molecule has 1 atom stereocenters. The largest absolute Gasteiger partial charge is 0.500 e. The fraction of sp³-hybridized carbons (Fsp3) is 0.176. The Bertz CT molecular complexity index is 616. The van der Waals surface area contributed by atoms with Gasteiger partial charge in [0.1, 0.15) is 12.6 Å². The lowest BCUT2D eigenvalue weighted by molar-refractivity contribution is 0.137. The third kappa shape index (κ3) is 5.18. The Morgan fingerprint density at radius 2 is 1.59 bits per heavy atom. The Morgan fingerprint density at radius 1 is 1.05 bits per heavy atom. The van der Waals surface area contributed by atoms with E-state index in [2.05, 4.69) is 5.32 Å². The molecule has 2 N–H and O–H groups in total. The second kappa shape index (κ2) is 8.14. The molecule has 0 spiro atoms. The Labute approximate surface area is 134 Å². The van der Waals surface area contributed by atoms with Crippen molar-refractivity contribution < 1.29 is 14.6 Å². The zero-order valence-electron chi connectivity index (χ0n) is 11.9. The van der Waals surface area contributed by atoms with Crippen LogP contribution in [0.3, 0.4) is 0 Å². The molecule has 2 rings (SSSR count). The van der Waals surface area contributed by atoms with E-state index in [1.165, 1.54) is 0 Å². The van der Waals surface area contributed by atoms with Crippen molar-refractivity contribution in [1.82, 2.24) is 5.32 Å². The second-order valence-corrected chi connectivity index (χ2v) is 5.20. The van der Waals surface area contributed by atoms with Gasteiger partial charge in [-0.15, -0.1) is 0 Å². The average molecular weight is 315 g/mol. The highest BCUT2D eigenvalue weighted by Gasteiger charge is 2.18. The van der Waals surface area contributed by atoms with Crippen LogP contribution in [0.1, 0.15) is 11.1 Å². The molecule has 1 unspecified atom stereocenters. The van der Waals surface area contributed by atoms with Gasteiger partial charge < -0.3 is 15.2 Å². The zero-order valence-corrected chi connectivity index (χ0v) is 12.8. The van der Waals surface area contributed by atoms with Crippen LogP contribution < -0.4 is 5.32 Å². The maximum absolute atomic E-state index is 11.8. The van der Waals surface area contributed by atoms with Crippen molar-refractivity contribution in [3.8, 4) is 0 Å². The van der Waals surface area contributed by atoms with E-state index in [0.717, 1.165) is 11.1 Å². The van der Waals surface area contributed by atoms with Crippen molar-refractivity contribution in [1.29, 1.82) is 0 Å². The first-order valence-corrected chi connectivity index (χ1v) is 7.30. The molecule has 22 heavy (non-hydrogen) atoms. The van der Waals surface area contributed by atoms with Crippen LogP contribution in [0.25, 0.3) is 0 Å². The summed E-state index contributed by atoms with van der Waals surface area (Å²) in [5.41, 5.74) is 1.86. The van der Waals surface area contributed by atoms with Crippen LogP contribution in [0, 0.1) is 0 Å². The van der Waals surface area contributed by atoms with E-state index in [4.69, 9.17) is 17.0 Å². The van der Waals surface area contributed by atoms with Crippen LogP contribution in [0.2, 0.25) is 0 Å². The van der Waals surface area contributed by atoms with E-state index in [0.29, 0.717) is 6.42 Å². The highest BCUT2D eigenvalue weighted by molar-refractivity contribution is 7.80. The minimum absolute atomic E-state index is 0.170.